The van der Waals surface area contributed by atoms with E-state index in [9.17, 15) is 0 Å². The molecule has 0 aromatic carbocycles. The van der Waals surface area contributed by atoms with Crippen LogP contribution in [0.25, 0.3) is 0 Å². The quantitative estimate of drug-likeness (QED) is 0.816. The van der Waals surface area contributed by atoms with E-state index >= 15 is 0 Å². The molecule has 0 saturated heterocycles. The van der Waals surface area contributed by atoms with Crippen molar-refractivity contribution in [2.45, 2.75) is 26.1 Å². The topological polar surface area (TPSA) is 21.3 Å². The van der Waals surface area contributed by atoms with Crippen LogP contribution in [0, 0.1) is 0 Å². The van der Waals surface area contributed by atoms with Crippen LogP contribution in [0.3, 0.4) is 0 Å². The molecule has 3 rings (SSSR count). The SMILES string of the molecule is CC1c2cccn2CCN1Cc1ccc(Cl)o1. The molecule has 90 valence electrons. The molecule has 3 heterocycles. The third-order valence-corrected chi connectivity index (χ3v) is 3.66. The maximum atomic E-state index is 5.79. The van der Waals surface area contributed by atoms with Gasteiger partial charge in [0, 0.05) is 31.0 Å². The number of halogens is 1. The van der Waals surface area contributed by atoms with Crippen LogP contribution in [-0.2, 0) is 13.1 Å². The van der Waals surface area contributed by atoms with Gasteiger partial charge in [0.25, 0.3) is 0 Å². The minimum atomic E-state index is 0.419. The van der Waals surface area contributed by atoms with Crippen molar-refractivity contribution in [1.29, 1.82) is 0 Å². The molecule has 0 radical (unpaired) electrons. The first kappa shape index (κ1) is 10.9. The molecule has 0 N–H and O–H groups in total. The zero-order valence-corrected chi connectivity index (χ0v) is 10.5. The van der Waals surface area contributed by atoms with Gasteiger partial charge in [-0.2, -0.15) is 0 Å². The first-order valence-electron chi connectivity index (χ1n) is 5.87. The van der Waals surface area contributed by atoms with Crippen LogP contribution in [-0.4, -0.2) is 16.0 Å². The molecular weight excluding hydrogens is 236 g/mol. The second-order valence-corrected chi connectivity index (χ2v) is 4.85. The maximum absolute atomic E-state index is 5.79. The molecule has 1 atom stereocenters. The first-order valence-corrected chi connectivity index (χ1v) is 6.25. The lowest BCUT2D eigenvalue weighted by Gasteiger charge is -2.34. The van der Waals surface area contributed by atoms with Crippen molar-refractivity contribution in [2.75, 3.05) is 6.54 Å². The van der Waals surface area contributed by atoms with Gasteiger partial charge in [0.15, 0.2) is 5.22 Å². The third kappa shape index (κ3) is 2.01. The van der Waals surface area contributed by atoms with Gasteiger partial charge in [-0.25, -0.2) is 0 Å². The minimum absolute atomic E-state index is 0.419. The Morgan fingerprint density at radius 3 is 3.00 bits per heavy atom. The van der Waals surface area contributed by atoms with Gasteiger partial charge in [-0.15, -0.1) is 0 Å². The lowest BCUT2D eigenvalue weighted by molar-refractivity contribution is 0.149. The van der Waals surface area contributed by atoms with Gasteiger partial charge in [0.05, 0.1) is 6.54 Å². The van der Waals surface area contributed by atoms with Crippen LogP contribution >= 0.6 is 11.6 Å². The average Bonchev–Trinajstić information content (AvgIpc) is 2.92. The molecule has 2 aromatic heterocycles. The number of fused-ring (bicyclic) bond motifs is 1. The zero-order chi connectivity index (χ0) is 11.8. The van der Waals surface area contributed by atoms with Crippen LogP contribution in [0.5, 0.6) is 0 Å². The number of nitrogens with zero attached hydrogens (tertiary/aromatic N) is 2. The smallest absolute Gasteiger partial charge is 0.193 e. The molecule has 4 heteroatoms. The van der Waals surface area contributed by atoms with E-state index in [0.29, 0.717) is 11.3 Å². The summed E-state index contributed by atoms with van der Waals surface area (Å²) in [6.07, 6.45) is 2.15. The van der Waals surface area contributed by atoms with Crippen molar-refractivity contribution < 1.29 is 4.42 Å². The number of hydrogen-bond acceptors (Lipinski definition) is 2. The molecule has 17 heavy (non-hydrogen) atoms. The van der Waals surface area contributed by atoms with Crippen LogP contribution in [0.4, 0.5) is 0 Å². The number of rotatable bonds is 2. The minimum Gasteiger partial charge on any atom is -0.448 e. The average molecular weight is 251 g/mol. The molecule has 1 aliphatic heterocycles. The Labute approximate surface area is 106 Å². The van der Waals surface area contributed by atoms with Crippen molar-refractivity contribution in [3.8, 4) is 0 Å². The van der Waals surface area contributed by atoms with E-state index in [2.05, 4.69) is 34.7 Å². The highest BCUT2D eigenvalue weighted by Crippen LogP contribution is 2.27. The van der Waals surface area contributed by atoms with Gasteiger partial charge >= 0.3 is 0 Å². The second kappa shape index (κ2) is 4.24. The Morgan fingerprint density at radius 1 is 1.35 bits per heavy atom. The summed E-state index contributed by atoms with van der Waals surface area (Å²) in [5.74, 6) is 0.932. The predicted octanol–water partition coefficient (Wildman–Crippen LogP) is 3.31. The fourth-order valence-corrected chi connectivity index (χ4v) is 2.64. The summed E-state index contributed by atoms with van der Waals surface area (Å²) in [6, 6.07) is 8.46. The van der Waals surface area contributed by atoms with E-state index in [0.717, 1.165) is 25.4 Å². The highest BCUT2D eigenvalue weighted by molar-refractivity contribution is 6.28. The van der Waals surface area contributed by atoms with Crippen LogP contribution in [0.1, 0.15) is 24.4 Å². The van der Waals surface area contributed by atoms with Crippen molar-refractivity contribution in [2.24, 2.45) is 0 Å². The third-order valence-electron chi connectivity index (χ3n) is 3.46. The first-order chi connectivity index (χ1) is 8.24. The van der Waals surface area contributed by atoms with Gasteiger partial charge in [0.2, 0.25) is 0 Å². The van der Waals surface area contributed by atoms with Crippen molar-refractivity contribution >= 4 is 11.6 Å². The normalized spacial score (nSPS) is 20.5. The van der Waals surface area contributed by atoms with E-state index in [1.54, 1.807) is 6.07 Å². The summed E-state index contributed by atoms with van der Waals surface area (Å²) >= 11 is 5.79. The van der Waals surface area contributed by atoms with E-state index in [4.69, 9.17) is 16.0 Å². The fourth-order valence-electron chi connectivity index (χ4n) is 2.48. The van der Waals surface area contributed by atoms with Crippen LogP contribution in [0.2, 0.25) is 5.22 Å². The predicted molar refractivity (Wildman–Crippen MR) is 67.0 cm³/mol. The van der Waals surface area contributed by atoms with E-state index < -0.39 is 0 Å². The van der Waals surface area contributed by atoms with Gasteiger partial charge < -0.3 is 8.98 Å². The Bertz CT molecular complexity index is 517. The van der Waals surface area contributed by atoms with E-state index in [-0.39, 0.29) is 0 Å². The summed E-state index contributed by atoms with van der Waals surface area (Å²) in [5, 5.41) is 0.466. The number of furan rings is 1. The molecule has 3 nitrogen and oxygen atoms in total. The second-order valence-electron chi connectivity index (χ2n) is 4.48. The highest BCUT2D eigenvalue weighted by Gasteiger charge is 2.23. The monoisotopic (exact) mass is 250 g/mol. The molecule has 0 fully saturated rings. The summed E-state index contributed by atoms with van der Waals surface area (Å²) < 4.78 is 7.74. The molecule has 0 saturated carbocycles. The summed E-state index contributed by atoms with van der Waals surface area (Å²) in [5.41, 5.74) is 1.37. The molecule has 0 spiro atoms. The lowest BCUT2D eigenvalue weighted by Crippen LogP contribution is -2.35. The van der Waals surface area contributed by atoms with Crippen molar-refractivity contribution in [1.82, 2.24) is 9.47 Å². The van der Waals surface area contributed by atoms with E-state index in [1.165, 1.54) is 5.69 Å². The Hall–Kier alpha value is -1.19. The summed E-state index contributed by atoms with van der Waals surface area (Å²) in [7, 11) is 0. The van der Waals surface area contributed by atoms with Gasteiger partial charge in [0.1, 0.15) is 5.76 Å². The van der Waals surface area contributed by atoms with Crippen molar-refractivity contribution in [3.05, 3.63) is 47.1 Å². The molecule has 0 aliphatic carbocycles. The molecule has 2 aromatic rings. The summed E-state index contributed by atoms with van der Waals surface area (Å²) in [6.45, 7) is 5.14. The molecule has 1 unspecified atom stereocenters. The van der Waals surface area contributed by atoms with Gasteiger partial charge in [-0.05, 0) is 42.8 Å². The Balaban J connectivity index is 1.78. The Morgan fingerprint density at radius 2 is 2.24 bits per heavy atom. The molecule has 0 bridgehead atoms. The number of aromatic nitrogens is 1. The van der Waals surface area contributed by atoms with Crippen molar-refractivity contribution in [3.63, 3.8) is 0 Å². The fraction of sp³-hybridized carbons (Fsp3) is 0.385. The Kier molecular flexibility index (Phi) is 2.73. The molecule has 0 amide bonds. The standard InChI is InChI=1S/C13H15ClN2O/c1-10-12-3-2-6-15(12)7-8-16(10)9-11-4-5-13(14)17-11/h2-6,10H,7-9H2,1H3. The lowest BCUT2D eigenvalue weighted by atomic mass is 10.1. The maximum Gasteiger partial charge on any atom is 0.193 e. The van der Waals surface area contributed by atoms with E-state index in [1.807, 2.05) is 6.07 Å². The zero-order valence-electron chi connectivity index (χ0n) is 9.77. The van der Waals surface area contributed by atoms with Gasteiger partial charge in [-0.3, -0.25) is 4.90 Å². The summed E-state index contributed by atoms with van der Waals surface area (Å²) in [4.78, 5) is 2.41. The van der Waals surface area contributed by atoms with Gasteiger partial charge in [-0.1, -0.05) is 0 Å². The number of hydrogen-bond donors (Lipinski definition) is 0. The molecule has 1 aliphatic rings. The van der Waals surface area contributed by atoms with Crippen LogP contribution < -0.4 is 0 Å². The molecular formula is C13H15ClN2O. The van der Waals surface area contributed by atoms with Crippen LogP contribution in [0.15, 0.2) is 34.9 Å². The highest BCUT2D eigenvalue weighted by atomic mass is 35.5. The largest absolute Gasteiger partial charge is 0.448 e.